The molecule has 0 aliphatic rings. The van der Waals surface area contributed by atoms with Gasteiger partial charge in [0.05, 0.1) is 19.6 Å². The van der Waals surface area contributed by atoms with E-state index < -0.39 is 17.9 Å². The van der Waals surface area contributed by atoms with Gasteiger partial charge in [0, 0.05) is 12.2 Å². The average Bonchev–Trinajstić information content (AvgIpc) is 2.47. The maximum atomic E-state index is 11.6. The van der Waals surface area contributed by atoms with Crippen molar-refractivity contribution in [3.05, 3.63) is 24.3 Å². The molecule has 0 fully saturated rings. The highest BCUT2D eigenvalue weighted by Crippen LogP contribution is 2.15. The van der Waals surface area contributed by atoms with E-state index in [0.717, 1.165) is 0 Å². The molecule has 0 aromatic heterocycles. The summed E-state index contributed by atoms with van der Waals surface area (Å²) in [6.45, 7) is 2.23. The summed E-state index contributed by atoms with van der Waals surface area (Å²) in [7, 11) is 0. The number of anilines is 1. The van der Waals surface area contributed by atoms with Gasteiger partial charge in [0.2, 0.25) is 5.91 Å². The molecule has 120 valence electrons. The molecule has 0 heterocycles. The van der Waals surface area contributed by atoms with E-state index >= 15 is 0 Å². The third-order valence-corrected chi connectivity index (χ3v) is 2.48. The van der Waals surface area contributed by atoms with Crippen LogP contribution in [0.2, 0.25) is 0 Å². The Morgan fingerprint density at radius 3 is 2.41 bits per heavy atom. The number of rotatable bonds is 8. The van der Waals surface area contributed by atoms with Crippen LogP contribution in [0.15, 0.2) is 24.3 Å². The van der Waals surface area contributed by atoms with Crippen molar-refractivity contribution in [3.8, 4) is 5.75 Å². The predicted molar refractivity (Wildman–Crippen MR) is 79.9 cm³/mol. The van der Waals surface area contributed by atoms with Crippen LogP contribution in [0.3, 0.4) is 0 Å². The number of carboxylic acid groups (broad SMARTS) is 1. The Hall–Kier alpha value is -2.77. The highest BCUT2D eigenvalue weighted by Gasteiger charge is 2.06. The van der Waals surface area contributed by atoms with Gasteiger partial charge in [-0.25, -0.2) is 4.79 Å². The Kier molecular flexibility index (Phi) is 7.24. The number of carbonyl (C=O) groups is 3. The van der Waals surface area contributed by atoms with Gasteiger partial charge in [0.25, 0.3) is 0 Å². The molecule has 0 aliphatic heterocycles. The second kappa shape index (κ2) is 9.22. The van der Waals surface area contributed by atoms with Gasteiger partial charge < -0.3 is 25.8 Å². The summed E-state index contributed by atoms with van der Waals surface area (Å²) in [6, 6.07) is 6.24. The molecule has 22 heavy (non-hydrogen) atoms. The summed E-state index contributed by atoms with van der Waals surface area (Å²) in [5.41, 5.74) is 0.585. The van der Waals surface area contributed by atoms with Crippen molar-refractivity contribution in [1.82, 2.24) is 10.6 Å². The number of benzene rings is 1. The largest absolute Gasteiger partial charge is 0.494 e. The Bertz CT molecular complexity index is 516. The molecule has 0 saturated heterocycles. The maximum absolute atomic E-state index is 11.6. The van der Waals surface area contributed by atoms with Gasteiger partial charge in [0.15, 0.2) is 0 Å². The zero-order valence-electron chi connectivity index (χ0n) is 12.2. The zero-order valence-corrected chi connectivity index (χ0v) is 12.2. The number of urea groups is 1. The molecule has 1 aromatic carbocycles. The average molecular weight is 309 g/mol. The fraction of sp³-hybridized carbons (Fsp3) is 0.357. The fourth-order valence-corrected chi connectivity index (χ4v) is 1.51. The van der Waals surface area contributed by atoms with E-state index in [1.165, 1.54) is 0 Å². The van der Waals surface area contributed by atoms with E-state index in [1.54, 1.807) is 24.3 Å². The van der Waals surface area contributed by atoms with Gasteiger partial charge >= 0.3 is 12.0 Å². The fourth-order valence-electron chi connectivity index (χ4n) is 1.51. The highest BCUT2D eigenvalue weighted by atomic mass is 16.5. The minimum atomic E-state index is -1.01. The number of ether oxygens (including phenoxy) is 1. The van der Waals surface area contributed by atoms with Crippen molar-refractivity contribution >= 4 is 23.6 Å². The second-order valence-electron chi connectivity index (χ2n) is 4.26. The first-order valence-electron chi connectivity index (χ1n) is 6.77. The van der Waals surface area contributed by atoms with Crippen LogP contribution in [0.4, 0.5) is 10.5 Å². The van der Waals surface area contributed by atoms with Crippen molar-refractivity contribution in [2.24, 2.45) is 0 Å². The number of hydrogen-bond donors (Lipinski definition) is 4. The first-order valence-corrected chi connectivity index (χ1v) is 6.77. The third kappa shape index (κ3) is 7.13. The van der Waals surface area contributed by atoms with Gasteiger partial charge in [-0.1, -0.05) is 0 Å². The van der Waals surface area contributed by atoms with Crippen molar-refractivity contribution in [2.45, 2.75) is 13.3 Å². The Morgan fingerprint density at radius 2 is 1.82 bits per heavy atom. The van der Waals surface area contributed by atoms with Crippen LogP contribution in [0, 0.1) is 0 Å². The van der Waals surface area contributed by atoms with Crippen LogP contribution in [-0.2, 0) is 9.59 Å². The number of amides is 3. The van der Waals surface area contributed by atoms with Gasteiger partial charge in [0.1, 0.15) is 5.75 Å². The molecule has 0 aliphatic carbocycles. The van der Waals surface area contributed by atoms with Crippen molar-refractivity contribution in [3.63, 3.8) is 0 Å². The summed E-state index contributed by atoms with van der Waals surface area (Å²) in [5.74, 6) is -0.692. The Labute approximate surface area is 127 Å². The van der Waals surface area contributed by atoms with Crippen molar-refractivity contribution in [2.75, 3.05) is 25.0 Å². The van der Waals surface area contributed by atoms with Crippen LogP contribution in [-0.4, -0.2) is 42.7 Å². The van der Waals surface area contributed by atoms with E-state index in [9.17, 15) is 14.4 Å². The Balaban J connectivity index is 2.27. The molecular weight excluding hydrogens is 290 g/mol. The molecule has 3 amide bonds. The number of carbonyl (C=O) groups excluding carboxylic acids is 2. The molecule has 0 bridgehead atoms. The van der Waals surface area contributed by atoms with E-state index in [2.05, 4.69) is 16.0 Å². The summed E-state index contributed by atoms with van der Waals surface area (Å²) >= 11 is 0. The molecule has 0 unspecified atom stereocenters. The summed E-state index contributed by atoms with van der Waals surface area (Å²) < 4.78 is 5.28. The molecule has 0 atom stereocenters. The quantitative estimate of drug-likeness (QED) is 0.566. The topological polar surface area (TPSA) is 117 Å². The van der Waals surface area contributed by atoms with Gasteiger partial charge in [-0.2, -0.15) is 0 Å². The van der Waals surface area contributed by atoms with E-state index in [1.807, 2.05) is 6.92 Å². The van der Waals surface area contributed by atoms with Crippen LogP contribution in [0.1, 0.15) is 13.3 Å². The molecule has 4 N–H and O–H groups in total. The summed E-state index contributed by atoms with van der Waals surface area (Å²) in [6.07, 6.45) is -0.175. The van der Waals surface area contributed by atoms with E-state index in [-0.39, 0.29) is 19.5 Å². The molecule has 0 spiro atoms. The highest BCUT2D eigenvalue weighted by molar-refractivity contribution is 5.94. The second-order valence-corrected chi connectivity index (χ2v) is 4.26. The van der Waals surface area contributed by atoms with Gasteiger partial charge in [-0.3, -0.25) is 9.59 Å². The smallest absolute Gasteiger partial charge is 0.315 e. The molecule has 1 rings (SSSR count). The third-order valence-electron chi connectivity index (χ3n) is 2.48. The lowest BCUT2D eigenvalue weighted by Gasteiger charge is -2.08. The minimum Gasteiger partial charge on any atom is -0.494 e. The monoisotopic (exact) mass is 309 g/mol. The SMILES string of the molecule is CCOc1ccc(NC(=O)CNC(=O)NCCC(=O)O)cc1. The lowest BCUT2D eigenvalue weighted by atomic mass is 10.3. The Morgan fingerprint density at radius 1 is 1.14 bits per heavy atom. The lowest BCUT2D eigenvalue weighted by Crippen LogP contribution is -2.40. The first kappa shape index (κ1) is 17.3. The number of hydrogen-bond acceptors (Lipinski definition) is 4. The summed E-state index contributed by atoms with van der Waals surface area (Å²) in [4.78, 5) is 33.2. The molecule has 8 nitrogen and oxygen atoms in total. The standard InChI is InChI=1S/C14H19N3O5/c1-2-22-11-5-3-10(4-6-11)17-12(18)9-16-14(21)15-8-7-13(19)20/h3-6H,2,7-9H2,1H3,(H,17,18)(H,19,20)(H2,15,16,21). The van der Waals surface area contributed by atoms with Crippen LogP contribution in [0.25, 0.3) is 0 Å². The first-order chi connectivity index (χ1) is 10.5. The van der Waals surface area contributed by atoms with Crippen molar-refractivity contribution < 1.29 is 24.2 Å². The normalized spacial score (nSPS) is 9.68. The van der Waals surface area contributed by atoms with E-state index in [4.69, 9.17) is 9.84 Å². The predicted octanol–water partition coefficient (Wildman–Crippen LogP) is 0.798. The zero-order chi connectivity index (χ0) is 16.4. The van der Waals surface area contributed by atoms with Gasteiger partial charge in [-0.05, 0) is 31.2 Å². The number of aliphatic carboxylic acids is 1. The number of carboxylic acids is 1. The molecule has 0 radical (unpaired) electrons. The van der Waals surface area contributed by atoms with Crippen LogP contribution < -0.4 is 20.7 Å². The van der Waals surface area contributed by atoms with Gasteiger partial charge in [-0.15, -0.1) is 0 Å². The maximum Gasteiger partial charge on any atom is 0.315 e. The summed E-state index contributed by atoms with van der Waals surface area (Å²) in [5, 5.41) is 15.7. The van der Waals surface area contributed by atoms with E-state index in [0.29, 0.717) is 18.0 Å². The van der Waals surface area contributed by atoms with Crippen LogP contribution >= 0.6 is 0 Å². The molecule has 8 heteroatoms. The number of nitrogens with one attached hydrogen (secondary N) is 3. The molecule has 1 aromatic rings. The van der Waals surface area contributed by atoms with Crippen LogP contribution in [0.5, 0.6) is 5.75 Å². The minimum absolute atomic E-state index is 0.00166. The van der Waals surface area contributed by atoms with Crippen molar-refractivity contribution in [1.29, 1.82) is 0 Å². The molecular formula is C14H19N3O5. The lowest BCUT2D eigenvalue weighted by molar-refractivity contribution is -0.136. The molecule has 0 saturated carbocycles.